The van der Waals surface area contributed by atoms with Gasteiger partial charge >= 0.3 is 5.97 Å². The maximum atomic E-state index is 11.1. The van der Waals surface area contributed by atoms with Crippen LogP contribution in [0.4, 0.5) is 0 Å². The number of methoxy groups -OCH3 is 1. The van der Waals surface area contributed by atoms with Gasteiger partial charge in [-0.25, -0.2) is 0 Å². The molecule has 1 aliphatic heterocycles. The molecule has 1 fully saturated rings. The Hall–Kier alpha value is -1.26. The van der Waals surface area contributed by atoms with E-state index in [0.717, 1.165) is 0 Å². The molecule has 0 aromatic rings. The van der Waals surface area contributed by atoms with Crippen molar-refractivity contribution < 1.29 is 9.53 Å². The highest BCUT2D eigenvalue weighted by Crippen LogP contribution is 2.14. The monoisotopic (exact) mass is 184 g/mol. The molecule has 0 aliphatic carbocycles. The highest BCUT2D eigenvalue weighted by molar-refractivity contribution is 5.72. The molecule has 6 nitrogen and oxygen atoms in total. The molecule has 13 heavy (non-hydrogen) atoms. The second kappa shape index (κ2) is 4.69. The van der Waals surface area contributed by atoms with Crippen LogP contribution in [0.3, 0.4) is 0 Å². The van der Waals surface area contributed by atoms with Gasteiger partial charge in [-0.05, 0) is 12.0 Å². The number of nitrogens with one attached hydrogen (secondary N) is 1. The molecule has 1 aliphatic rings. The van der Waals surface area contributed by atoms with Crippen molar-refractivity contribution in [3.05, 3.63) is 10.4 Å². The second-order valence-corrected chi connectivity index (χ2v) is 2.97. The first-order valence-electron chi connectivity index (χ1n) is 4.10. The summed E-state index contributed by atoms with van der Waals surface area (Å²) in [5, 5.41) is 6.58. The van der Waals surface area contributed by atoms with Crippen molar-refractivity contribution >= 4 is 5.97 Å². The summed E-state index contributed by atoms with van der Waals surface area (Å²) in [6.07, 6.45) is 0.573. The number of nitrogens with zero attached hydrogens (tertiary/aromatic N) is 3. The summed E-state index contributed by atoms with van der Waals surface area (Å²) in [4.78, 5) is 13.8. The normalized spacial score (nSPS) is 27.5. The van der Waals surface area contributed by atoms with Gasteiger partial charge in [-0.1, -0.05) is 5.11 Å². The molecule has 0 aromatic carbocycles. The predicted octanol–water partition coefficient (Wildman–Crippen LogP) is 0.448. The van der Waals surface area contributed by atoms with Crippen molar-refractivity contribution in [2.75, 3.05) is 20.2 Å². The van der Waals surface area contributed by atoms with Gasteiger partial charge in [0.15, 0.2) is 0 Å². The van der Waals surface area contributed by atoms with Gasteiger partial charge in [0, 0.05) is 18.0 Å². The quantitative estimate of drug-likeness (QED) is 0.292. The van der Waals surface area contributed by atoms with Gasteiger partial charge in [-0.2, -0.15) is 0 Å². The van der Waals surface area contributed by atoms with E-state index in [4.69, 9.17) is 5.53 Å². The average molecular weight is 184 g/mol. The zero-order chi connectivity index (χ0) is 9.68. The highest BCUT2D eigenvalue weighted by Gasteiger charge is 2.26. The first-order chi connectivity index (χ1) is 6.27. The molecule has 2 atom stereocenters. The zero-order valence-corrected chi connectivity index (χ0v) is 7.43. The Kier molecular flexibility index (Phi) is 3.54. The fraction of sp³-hybridized carbons (Fsp3) is 0.857. The summed E-state index contributed by atoms with van der Waals surface area (Å²) in [6, 6.07) is -0.136. The number of hydrogen-bond acceptors (Lipinski definition) is 4. The Labute approximate surface area is 75.9 Å². The Morgan fingerprint density at radius 2 is 2.46 bits per heavy atom. The van der Waals surface area contributed by atoms with Crippen molar-refractivity contribution in [1.82, 2.24) is 5.32 Å². The van der Waals surface area contributed by atoms with Gasteiger partial charge in [0.1, 0.15) is 0 Å². The molecule has 1 N–H and O–H groups in total. The lowest BCUT2D eigenvalue weighted by Crippen LogP contribution is -2.41. The van der Waals surface area contributed by atoms with Crippen LogP contribution in [0.15, 0.2) is 5.11 Å². The maximum absolute atomic E-state index is 11.1. The fourth-order valence-electron chi connectivity index (χ4n) is 1.43. The summed E-state index contributed by atoms with van der Waals surface area (Å²) < 4.78 is 4.60. The smallest absolute Gasteiger partial charge is 0.309 e. The zero-order valence-electron chi connectivity index (χ0n) is 7.43. The molecule has 0 radical (unpaired) electrons. The third kappa shape index (κ3) is 2.61. The molecule has 1 rings (SSSR count). The van der Waals surface area contributed by atoms with Crippen LogP contribution >= 0.6 is 0 Å². The van der Waals surface area contributed by atoms with Crippen LogP contribution in [0.25, 0.3) is 10.4 Å². The van der Waals surface area contributed by atoms with E-state index in [1.807, 2.05) is 0 Å². The number of ether oxygens (including phenoxy) is 1. The van der Waals surface area contributed by atoms with Crippen molar-refractivity contribution in [3.63, 3.8) is 0 Å². The van der Waals surface area contributed by atoms with Crippen LogP contribution in [0.2, 0.25) is 0 Å². The SMILES string of the molecule is COC(=O)[C@@H]1CNC[C@H](N=[N+]=[N-])C1. The van der Waals surface area contributed by atoms with Crippen LogP contribution in [0.5, 0.6) is 0 Å². The molecule has 0 aromatic heterocycles. The number of piperidine rings is 1. The van der Waals surface area contributed by atoms with Crippen LogP contribution in [0, 0.1) is 5.92 Å². The molecule has 1 saturated heterocycles. The van der Waals surface area contributed by atoms with E-state index in [2.05, 4.69) is 20.1 Å². The molecule has 6 heteroatoms. The third-order valence-electron chi connectivity index (χ3n) is 2.08. The number of rotatable bonds is 2. The summed E-state index contributed by atoms with van der Waals surface area (Å²) in [7, 11) is 1.36. The Morgan fingerprint density at radius 3 is 3.08 bits per heavy atom. The second-order valence-electron chi connectivity index (χ2n) is 2.97. The van der Waals surface area contributed by atoms with Crippen LogP contribution < -0.4 is 5.32 Å². The standard InChI is InChI=1S/C7H12N4O2/c1-13-7(12)5-2-6(10-11-8)4-9-3-5/h5-6,9H,2-4H2,1H3/t5-,6+/m0/s1. The van der Waals surface area contributed by atoms with Crippen LogP contribution in [-0.4, -0.2) is 32.2 Å². The average Bonchev–Trinajstić information content (AvgIpc) is 2.18. The summed E-state index contributed by atoms with van der Waals surface area (Å²) in [6.45, 7) is 1.24. The third-order valence-corrected chi connectivity index (χ3v) is 2.08. The largest absolute Gasteiger partial charge is 0.469 e. The summed E-state index contributed by atoms with van der Waals surface area (Å²) in [5.41, 5.74) is 8.21. The number of esters is 1. The van der Waals surface area contributed by atoms with Crippen molar-refractivity contribution in [2.24, 2.45) is 11.0 Å². The van der Waals surface area contributed by atoms with E-state index in [1.165, 1.54) is 7.11 Å². The molecular formula is C7H12N4O2. The number of carbonyl (C=O) groups is 1. The van der Waals surface area contributed by atoms with E-state index in [0.29, 0.717) is 19.5 Å². The van der Waals surface area contributed by atoms with Gasteiger partial charge in [0.2, 0.25) is 0 Å². The summed E-state index contributed by atoms with van der Waals surface area (Å²) >= 11 is 0. The van der Waals surface area contributed by atoms with E-state index in [1.54, 1.807) is 0 Å². The molecule has 0 saturated carbocycles. The fourth-order valence-corrected chi connectivity index (χ4v) is 1.43. The minimum atomic E-state index is -0.245. The van der Waals surface area contributed by atoms with Crippen LogP contribution in [-0.2, 0) is 9.53 Å². The lowest BCUT2D eigenvalue weighted by Gasteiger charge is -2.25. The van der Waals surface area contributed by atoms with E-state index < -0.39 is 0 Å². The molecule has 72 valence electrons. The van der Waals surface area contributed by atoms with Crippen molar-refractivity contribution in [3.8, 4) is 0 Å². The van der Waals surface area contributed by atoms with E-state index >= 15 is 0 Å². The molecule has 0 amide bonds. The maximum Gasteiger partial charge on any atom is 0.309 e. The first kappa shape index (κ1) is 9.83. The number of carbonyl (C=O) groups excluding carboxylic acids is 1. The minimum Gasteiger partial charge on any atom is -0.469 e. The first-order valence-corrected chi connectivity index (χ1v) is 4.10. The van der Waals surface area contributed by atoms with Gasteiger partial charge in [0.05, 0.1) is 19.1 Å². The lowest BCUT2D eigenvalue weighted by molar-refractivity contribution is -0.146. The van der Waals surface area contributed by atoms with E-state index in [-0.39, 0.29) is 17.9 Å². The van der Waals surface area contributed by atoms with Gasteiger partial charge in [-0.15, -0.1) is 0 Å². The van der Waals surface area contributed by atoms with Crippen molar-refractivity contribution in [1.29, 1.82) is 0 Å². The molecule has 0 unspecified atom stereocenters. The highest BCUT2D eigenvalue weighted by atomic mass is 16.5. The van der Waals surface area contributed by atoms with Gasteiger partial charge < -0.3 is 10.1 Å². The summed E-state index contributed by atoms with van der Waals surface area (Å²) in [5.74, 6) is -0.431. The predicted molar refractivity (Wildman–Crippen MR) is 45.9 cm³/mol. The molecule has 1 heterocycles. The molecular weight excluding hydrogens is 172 g/mol. The Bertz CT molecular complexity index is 237. The number of azide groups is 1. The molecule has 0 spiro atoms. The van der Waals surface area contributed by atoms with E-state index in [9.17, 15) is 4.79 Å². The van der Waals surface area contributed by atoms with Crippen molar-refractivity contribution in [2.45, 2.75) is 12.5 Å². The molecule has 0 bridgehead atoms. The Morgan fingerprint density at radius 1 is 1.69 bits per heavy atom. The topological polar surface area (TPSA) is 87.1 Å². The van der Waals surface area contributed by atoms with Crippen LogP contribution in [0.1, 0.15) is 6.42 Å². The minimum absolute atomic E-state index is 0.136. The number of hydrogen-bond donors (Lipinski definition) is 1. The lowest BCUT2D eigenvalue weighted by atomic mass is 9.96. The van der Waals surface area contributed by atoms with Gasteiger partial charge in [-0.3, -0.25) is 4.79 Å². The Balaban J connectivity index is 2.50. The van der Waals surface area contributed by atoms with Gasteiger partial charge in [0.25, 0.3) is 0 Å².